The Bertz CT molecular complexity index is 1430. The molecule has 0 unspecified atom stereocenters. The van der Waals surface area contributed by atoms with Crippen LogP contribution in [0.3, 0.4) is 0 Å². The number of furan rings is 1. The lowest BCUT2D eigenvalue weighted by molar-refractivity contribution is -0.384. The molecule has 0 radical (unpaired) electrons. The number of hydrogen-bond acceptors (Lipinski definition) is 6. The average molecular weight is 500 g/mol. The molecule has 4 rings (SSSR count). The van der Waals surface area contributed by atoms with Crippen molar-refractivity contribution in [3.05, 3.63) is 93.1 Å². The summed E-state index contributed by atoms with van der Waals surface area (Å²) in [6.45, 7) is 0. The highest BCUT2D eigenvalue weighted by Gasteiger charge is 2.14. The van der Waals surface area contributed by atoms with Crippen molar-refractivity contribution in [1.82, 2.24) is 4.83 Å². The summed E-state index contributed by atoms with van der Waals surface area (Å²) in [5, 5.41) is 16.4. The summed E-state index contributed by atoms with van der Waals surface area (Å²) in [7, 11) is -3.85. The Kier molecular flexibility index (Phi) is 5.57. The third-order valence-electron chi connectivity index (χ3n) is 4.45. The number of benzene rings is 3. The van der Waals surface area contributed by atoms with E-state index in [1.807, 2.05) is 24.3 Å². The van der Waals surface area contributed by atoms with Gasteiger partial charge >= 0.3 is 0 Å². The van der Waals surface area contributed by atoms with Gasteiger partial charge in [-0.05, 0) is 57.0 Å². The number of rotatable bonds is 6. The van der Waals surface area contributed by atoms with E-state index in [-0.39, 0.29) is 10.6 Å². The molecule has 0 bridgehead atoms. The molecule has 0 aliphatic heterocycles. The van der Waals surface area contributed by atoms with Crippen LogP contribution in [-0.2, 0) is 10.0 Å². The van der Waals surface area contributed by atoms with Gasteiger partial charge in [-0.2, -0.15) is 18.4 Å². The van der Waals surface area contributed by atoms with E-state index < -0.39 is 14.9 Å². The third-order valence-corrected chi connectivity index (χ3v) is 6.33. The molecule has 4 aromatic rings. The maximum atomic E-state index is 12.5. The van der Waals surface area contributed by atoms with Crippen molar-refractivity contribution in [3.63, 3.8) is 0 Å². The van der Waals surface area contributed by atoms with Gasteiger partial charge in [0, 0.05) is 22.2 Å². The molecule has 31 heavy (non-hydrogen) atoms. The van der Waals surface area contributed by atoms with Gasteiger partial charge in [0.15, 0.2) is 0 Å². The fourth-order valence-electron chi connectivity index (χ4n) is 2.93. The van der Waals surface area contributed by atoms with Gasteiger partial charge in [0.1, 0.15) is 11.5 Å². The molecular formula is C21H14BrN3O5S. The molecule has 0 fully saturated rings. The zero-order chi connectivity index (χ0) is 22.0. The van der Waals surface area contributed by atoms with Gasteiger partial charge in [0.05, 0.1) is 16.0 Å². The van der Waals surface area contributed by atoms with E-state index in [4.69, 9.17) is 4.42 Å². The normalized spacial score (nSPS) is 11.8. The highest BCUT2D eigenvalue weighted by Crippen LogP contribution is 2.32. The van der Waals surface area contributed by atoms with Crippen molar-refractivity contribution in [3.8, 4) is 11.3 Å². The Labute approximate surface area is 185 Å². The molecule has 0 aliphatic carbocycles. The Morgan fingerprint density at radius 3 is 2.52 bits per heavy atom. The van der Waals surface area contributed by atoms with Crippen LogP contribution in [0.2, 0.25) is 0 Å². The highest BCUT2D eigenvalue weighted by molar-refractivity contribution is 9.10. The van der Waals surface area contributed by atoms with E-state index in [2.05, 4.69) is 25.9 Å². The van der Waals surface area contributed by atoms with Crippen LogP contribution >= 0.6 is 15.9 Å². The lowest BCUT2D eigenvalue weighted by Gasteiger charge is -2.04. The molecule has 0 aliphatic rings. The minimum Gasteiger partial charge on any atom is -0.455 e. The molecule has 1 N–H and O–H groups in total. The van der Waals surface area contributed by atoms with E-state index >= 15 is 0 Å². The van der Waals surface area contributed by atoms with E-state index in [9.17, 15) is 18.5 Å². The Morgan fingerprint density at radius 1 is 1.00 bits per heavy atom. The number of halogens is 1. The van der Waals surface area contributed by atoms with Crippen LogP contribution in [0.1, 0.15) is 5.76 Å². The van der Waals surface area contributed by atoms with Crippen LogP contribution in [0.15, 0.2) is 91.7 Å². The van der Waals surface area contributed by atoms with Gasteiger partial charge in [-0.25, -0.2) is 0 Å². The monoisotopic (exact) mass is 499 g/mol. The third kappa shape index (κ3) is 4.49. The first-order chi connectivity index (χ1) is 14.8. The van der Waals surface area contributed by atoms with Crippen LogP contribution in [0, 0.1) is 10.1 Å². The van der Waals surface area contributed by atoms with Gasteiger partial charge in [0.25, 0.3) is 15.7 Å². The molecular weight excluding hydrogens is 486 g/mol. The molecule has 156 valence electrons. The first kappa shape index (κ1) is 20.8. The topological polar surface area (TPSA) is 115 Å². The minimum absolute atomic E-state index is 0.0490. The molecule has 0 spiro atoms. The zero-order valence-electron chi connectivity index (χ0n) is 15.7. The van der Waals surface area contributed by atoms with Crippen LogP contribution in [-0.4, -0.2) is 19.6 Å². The van der Waals surface area contributed by atoms with Crippen LogP contribution < -0.4 is 4.83 Å². The maximum absolute atomic E-state index is 12.5. The van der Waals surface area contributed by atoms with Gasteiger partial charge in [-0.3, -0.25) is 10.1 Å². The lowest BCUT2D eigenvalue weighted by Crippen LogP contribution is -2.18. The van der Waals surface area contributed by atoms with Crippen molar-refractivity contribution in [2.75, 3.05) is 0 Å². The Hall–Kier alpha value is -3.50. The number of nitro groups is 1. The number of sulfonamides is 1. The summed E-state index contributed by atoms with van der Waals surface area (Å²) in [5.74, 6) is 0.752. The summed E-state index contributed by atoms with van der Waals surface area (Å²) >= 11 is 3.29. The van der Waals surface area contributed by atoms with Crippen LogP contribution in [0.25, 0.3) is 22.1 Å². The molecule has 8 nitrogen and oxygen atoms in total. The fraction of sp³-hybridized carbons (Fsp3) is 0. The molecule has 0 saturated carbocycles. The molecule has 0 saturated heterocycles. The maximum Gasteiger partial charge on any atom is 0.276 e. The van der Waals surface area contributed by atoms with E-state index in [1.165, 1.54) is 24.4 Å². The number of hydrogen-bond donors (Lipinski definition) is 1. The number of nitro benzene ring substituents is 1. The standard InChI is InChI=1S/C21H14BrN3O5S/c22-20-12-16(25(26)27)6-9-19(20)21-10-7-17(30-21)13-23-24-31(28,29)18-8-5-14-3-1-2-4-15(14)11-18/h1-13,24H. The second kappa shape index (κ2) is 8.32. The first-order valence-corrected chi connectivity index (χ1v) is 11.2. The van der Waals surface area contributed by atoms with E-state index in [0.717, 1.165) is 10.8 Å². The summed E-state index contributed by atoms with van der Waals surface area (Å²) in [6, 6.07) is 19.8. The van der Waals surface area contributed by atoms with Gasteiger partial charge in [0.2, 0.25) is 0 Å². The predicted octanol–water partition coefficient (Wildman–Crippen LogP) is 5.08. The lowest BCUT2D eigenvalue weighted by atomic mass is 10.1. The Morgan fingerprint density at radius 2 is 1.77 bits per heavy atom. The SMILES string of the molecule is O=[N+]([O-])c1ccc(-c2ccc(C=NNS(=O)(=O)c3ccc4ccccc4c3)o2)c(Br)c1. The zero-order valence-corrected chi connectivity index (χ0v) is 18.1. The first-order valence-electron chi connectivity index (χ1n) is 8.91. The van der Waals surface area contributed by atoms with E-state index in [0.29, 0.717) is 21.6 Å². The number of fused-ring (bicyclic) bond motifs is 1. The number of nitrogens with zero attached hydrogens (tertiary/aromatic N) is 2. The summed E-state index contributed by atoms with van der Waals surface area (Å²) in [4.78, 5) is 12.6. The quantitative estimate of drug-likeness (QED) is 0.225. The van der Waals surface area contributed by atoms with Crippen LogP contribution in [0.4, 0.5) is 5.69 Å². The Balaban J connectivity index is 1.50. The minimum atomic E-state index is -3.85. The molecule has 3 aromatic carbocycles. The average Bonchev–Trinajstić information content (AvgIpc) is 3.21. The molecule has 0 atom stereocenters. The predicted molar refractivity (Wildman–Crippen MR) is 120 cm³/mol. The summed E-state index contributed by atoms with van der Waals surface area (Å²) in [6.07, 6.45) is 1.24. The fourth-order valence-corrected chi connectivity index (χ4v) is 4.32. The van der Waals surface area contributed by atoms with Gasteiger partial charge in [-0.1, -0.05) is 30.3 Å². The second-order valence-electron chi connectivity index (χ2n) is 6.49. The van der Waals surface area contributed by atoms with E-state index in [1.54, 1.807) is 30.3 Å². The largest absolute Gasteiger partial charge is 0.455 e. The van der Waals surface area contributed by atoms with Gasteiger partial charge < -0.3 is 4.42 Å². The molecule has 1 aromatic heterocycles. The number of nitrogens with one attached hydrogen (secondary N) is 1. The molecule has 1 heterocycles. The van der Waals surface area contributed by atoms with Gasteiger partial charge in [-0.15, -0.1) is 0 Å². The summed E-state index contributed by atoms with van der Waals surface area (Å²) in [5.41, 5.74) is 0.564. The van der Waals surface area contributed by atoms with Crippen molar-refractivity contribution >= 4 is 48.6 Å². The highest BCUT2D eigenvalue weighted by atomic mass is 79.9. The second-order valence-corrected chi connectivity index (χ2v) is 9.00. The van der Waals surface area contributed by atoms with Crippen molar-refractivity contribution < 1.29 is 17.8 Å². The van der Waals surface area contributed by atoms with Crippen LogP contribution in [0.5, 0.6) is 0 Å². The van der Waals surface area contributed by atoms with Crippen molar-refractivity contribution in [1.29, 1.82) is 0 Å². The summed E-state index contributed by atoms with van der Waals surface area (Å²) < 4.78 is 31.2. The smallest absolute Gasteiger partial charge is 0.276 e. The number of hydrazone groups is 1. The van der Waals surface area contributed by atoms with Crippen molar-refractivity contribution in [2.45, 2.75) is 4.90 Å². The number of non-ortho nitro benzene ring substituents is 1. The molecule has 0 amide bonds. The molecule has 10 heteroatoms. The van der Waals surface area contributed by atoms with Crippen molar-refractivity contribution in [2.24, 2.45) is 5.10 Å².